The van der Waals surface area contributed by atoms with E-state index >= 15 is 0 Å². The fraction of sp³-hybridized carbons (Fsp3) is 0.182. The second kappa shape index (κ2) is 8.77. The maximum absolute atomic E-state index is 12.6. The summed E-state index contributed by atoms with van der Waals surface area (Å²) in [6.07, 6.45) is -2.42. The lowest BCUT2D eigenvalue weighted by Crippen LogP contribution is -2.34. The minimum atomic E-state index is -4.73. The summed E-state index contributed by atoms with van der Waals surface area (Å²) in [4.78, 5) is 16.8. The van der Waals surface area contributed by atoms with Crippen molar-refractivity contribution in [1.82, 2.24) is 10.3 Å². The van der Waals surface area contributed by atoms with Crippen LogP contribution in [-0.4, -0.2) is 23.3 Å². The number of amides is 1. The molecule has 1 N–H and O–H groups in total. The number of hydrogen-bond donors (Lipinski definition) is 1. The standard InChI is InChI=1S/C22H19F3N2O2/c1-15(13-19-7-2-3-12-26-19)27-21(28)18-6-4-5-17(14-18)16-8-10-20(11-9-16)29-22(23,24)25/h2-12,14-15H,13H2,1H3,(H,27,28). The van der Waals surface area contributed by atoms with Gasteiger partial charge in [-0.1, -0.05) is 30.3 Å². The predicted octanol–water partition coefficient (Wildman–Crippen LogP) is 5.01. The normalized spacial score (nSPS) is 12.3. The van der Waals surface area contributed by atoms with E-state index in [0.29, 0.717) is 23.1 Å². The number of rotatable bonds is 6. The molecule has 7 heteroatoms. The largest absolute Gasteiger partial charge is 0.573 e. The fourth-order valence-electron chi connectivity index (χ4n) is 2.88. The average Bonchev–Trinajstić information content (AvgIpc) is 2.68. The van der Waals surface area contributed by atoms with Crippen LogP contribution in [0.15, 0.2) is 72.9 Å². The summed E-state index contributed by atoms with van der Waals surface area (Å²) in [5.74, 6) is -0.522. The molecule has 0 spiro atoms. The van der Waals surface area contributed by atoms with Gasteiger partial charge < -0.3 is 10.1 Å². The van der Waals surface area contributed by atoms with Gasteiger partial charge in [-0.15, -0.1) is 13.2 Å². The highest BCUT2D eigenvalue weighted by Crippen LogP contribution is 2.27. The van der Waals surface area contributed by atoms with Crippen molar-refractivity contribution in [2.45, 2.75) is 25.7 Å². The van der Waals surface area contributed by atoms with Gasteiger partial charge in [-0.05, 0) is 54.4 Å². The topological polar surface area (TPSA) is 51.2 Å². The maximum atomic E-state index is 12.6. The smallest absolute Gasteiger partial charge is 0.406 e. The molecule has 1 aromatic heterocycles. The van der Waals surface area contributed by atoms with Crippen LogP contribution in [0, 0.1) is 0 Å². The zero-order valence-corrected chi connectivity index (χ0v) is 15.6. The molecule has 0 bridgehead atoms. The molecule has 0 fully saturated rings. The Bertz CT molecular complexity index is 958. The van der Waals surface area contributed by atoms with Gasteiger partial charge in [0.25, 0.3) is 5.91 Å². The van der Waals surface area contributed by atoms with Crippen LogP contribution in [0.5, 0.6) is 5.75 Å². The molecular formula is C22H19F3N2O2. The van der Waals surface area contributed by atoms with Crippen LogP contribution in [-0.2, 0) is 6.42 Å². The Morgan fingerprint density at radius 2 is 1.79 bits per heavy atom. The van der Waals surface area contributed by atoms with Crippen LogP contribution in [0.1, 0.15) is 23.0 Å². The molecule has 1 heterocycles. The lowest BCUT2D eigenvalue weighted by Gasteiger charge is -2.14. The highest BCUT2D eigenvalue weighted by Gasteiger charge is 2.30. The Hall–Kier alpha value is -3.35. The summed E-state index contributed by atoms with van der Waals surface area (Å²) in [5.41, 5.74) is 2.74. The minimum absolute atomic E-state index is 0.111. The summed E-state index contributed by atoms with van der Waals surface area (Å²) in [5, 5.41) is 2.93. The van der Waals surface area contributed by atoms with Crippen LogP contribution in [0.25, 0.3) is 11.1 Å². The Kier molecular flexibility index (Phi) is 6.16. The Morgan fingerprint density at radius 3 is 2.45 bits per heavy atom. The van der Waals surface area contributed by atoms with E-state index in [1.54, 1.807) is 30.5 Å². The van der Waals surface area contributed by atoms with Crippen molar-refractivity contribution >= 4 is 5.91 Å². The Morgan fingerprint density at radius 1 is 1.03 bits per heavy atom. The van der Waals surface area contributed by atoms with Gasteiger partial charge in [-0.2, -0.15) is 0 Å². The van der Waals surface area contributed by atoms with Gasteiger partial charge in [0.15, 0.2) is 0 Å². The summed E-state index contributed by atoms with van der Waals surface area (Å²) < 4.78 is 40.7. The third kappa shape index (κ3) is 6.07. The summed E-state index contributed by atoms with van der Waals surface area (Å²) in [7, 11) is 0. The number of ether oxygens (including phenoxy) is 1. The number of carbonyl (C=O) groups is 1. The van der Waals surface area contributed by atoms with E-state index in [1.165, 1.54) is 24.3 Å². The summed E-state index contributed by atoms with van der Waals surface area (Å²) in [6.45, 7) is 1.90. The number of halogens is 3. The van der Waals surface area contributed by atoms with E-state index in [-0.39, 0.29) is 17.7 Å². The molecular weight excluding hydrogens is 381 g/mol. The van der Waals surface area contributed by atoms with E-state index in [0.717, 1.165) is 5.69 Å². The van der Waals surface area contributed by atoms with Crippen molar-refractivity contribution in [2.75, 3.05) is 0 Å². The van der Waals surface area contributed by atoms with Crippen LogP contribution in [0.2, 0.25) is 0 Å². The van der Waals surface area contributed by atoms with Crippen LogP contribution >= 0.6 is 0 Å². The summed E-state index contributed by atoms with van der Waals surface area (Å²) >= 11 is 0. The molecule has 0 radical (unpaired) electrons. The number of nitrogens with one attached hydrogen (secondary N) is 1. The van der Waals surface area contributed by atoms with E-state index in [1.807, 2.05) is 25.1 Å². The van der Waals surface area contributed by atoms with Crippen molar-refractivity contribution in [3.05, 3.63) is 84.2 Å². The van der Waals surface area contributed by atoms with E-state index < -0.39 is 6.36 Å². The van der Waals surface area contributed by atoms with Gasteiger partial charge in [0.2, 0.25) is 0 Å². The van der Waals surface area contributed by atoms with Gasteiger partial charge in [-0.3, -0.25) is 9.78 Å². The van der Waals surface area contributed by atoms with Crippen molar-refractivity contribution in [1.29, 1.82) is 0 Å². The number of alkyl halides is 3. The first-order valence-corrected chi connectivity index (χ1v) is 8.97. The molecule has 150 valence electrons. The Labute approximate surface area is 166 Å². The van der Waals surface area contributed by atoms with Crippen molar-refractivity contribution in [3.63, 3.8) is 0 Å². The highest BCUT2D eigenvalue weighted by atomic mass is 19.4. The number of aromatic nitrogens is 1. The molecule has 0 aliphatic carbocycles. The molecule has 0 saturated carbocycles. The zero-order valence-electron chi connectivity index (χ0n) is 15.6. The molecule has 3 rings (SSSR count). The van der Waals surface area contributed by atoms with E-state index in [2.05, 4.69) is 15.0 Å². The van der Waals surface area contributed by atoms with E-state index in [9.17, 15) is 18.0 Å². The molecule has 1 unspecified atom stereocenters. The van der Waals surface area contributed by atoms with Crippen LogP contribution in [0.4, 0.5) is 13.2 Å². The third-order valence-electron chi connectivity index (χ3n) is 4.16. The van der Waals surface area contributed by atoms with Crippen LogP contribution in [0.3, 0.4) is 0 Å². The zero-order chi connectivity index (χ0) is 20.9. The van der Waals surface area contributed by atoms with Crippen molar-refractivity contribution < 1.29 is 22.7 Å². The lowest BCUT2D eigenvalue weighted by atomic mass is 10.0. The minimum Gasteiger partial charge on any atom is -0.406 e. The quantitative estimate of drug-likeness (QED) is 0.633. The van der Waals surface area contributed by atoms with Crippen LogP contribution < -0.4 is 10.1 Å². The number of hydrogen-bond acceptors (Lipinski definition) is 3. The van der Waals surface area contributed by atoms with Gasteiger partial charge in [0.1, 0.15) is 5.75 Å². The van der Waals surface area contributed by atoms with Crippen molar-refractivity contribution in [2.24, 2.45) is 0 Å². The molecule has 1 amide bonds. The number of benzene rings is 2. The molecule has 1 atom stereocenters. The monoisotopic (exact) mass is 400 g/mol. The second-order valence-corrected chi connectivity index (χ2v) is 6.55. The molecule has 3 aromatic rings. The first kappa shape index (κ1) is 20.4. The first-order chi connectivity index (χ1) is 13.8. The van der Waals surface area contributed by atoms with Crippen molar-refractivity contribution in [3.8, 4) is 16.9 Å². The fourth-order valence-corrected chi connectivity index (χ4v) is 2.88. The van der Waals surface area contributed by atoms with Gasteiger partial charge in [0.05, 0.1) is 0 Å². The second-order valence-electron chi connectivity index (χ2n) is 6.55. The van der Waals surface area contributed by atoms with Gasteiger partial charge >= 0.3 is 6.36 Å². The third-order valence-corrected chi connectivity index (χ3v) is 4.16. The first-order valence-electron chi connectivity index (χ1n) is 8.97. The summed E-state index contributed by atoms with van der Waals surface area (Å²) in [6, 6.07) is 17.9. The molecule has 2 aromatic carbocycles. The number of carbonyl (C=O) groups excluding carboxylic acids is 1. The molecule has 0 saturated heterocycles. The Balaban J connectivity index is 1.68. The number of pyridine rings is 1. The predicted molar refractivity (Wildman–Crippen MR) is 103 cm³/mol. The van der Waals surface area contributed by atoms with Gasteiger partial charge in [0, 0.05) is 29.9 Å². The average molecular weight is 400 g/mol. The number of nitrogens with zero attached hydrogens (tertiary/aromatic N) is 1. The van der Waals surface area contributed by atoms with E-state index in [4.69, 9.17) is 0 Å². The lowest BCUT2D eigenvalue weighted by molar-refractivity contribution is -0.274. The maximum Gasteiger partial charge on any atom is 0.573 e. The molecule has 4 nitrogen and oxygen atoms in total. The van der Waals surface area contributed by atoms with Gasteiger partial charge in [-0.25, -0.2) is 0 Å². The molecule has 29 heavy (non-hydrogen) atoms. The molecule has 0 aliphatic rings. The SMILES string of the molecule is CC(Cc1ccccn1)NC(=O)c1cccc(-c2ccc(OC(F)(F)F)cc2)c1. The highest BCUT2D eigenvalue weighted by molar-refractivity contribution is 5.95. The molecule has 0 aliphatic heterocycles.